The average Bonchev–Trinajstić information content (AvgIpc) is 2.84. The Balaban J connectivity index is 1.94. The fourth-order valence-electron chi connectivity index (χ4n) is 4.24. The quantitative estimate of drug-likeness (QED) is 0.792. The number of likely N-dealkylation sites (tertiary alicyclic amines) is 2. The summed E-state index contributed by atoms with van der Waals surface area (Å²) < 4.78 is 0. The number of rotatable bonds is 1. The van der Waals surface area contributed by atoms with Crippen molar-refractivity contribution in [1.29, 1.82) is 0 Å². The minimum atomic E-state index is 0.234. The molecule has 0 unspecified atom stereocenters. The van der Waals surface area contributed by atoms with E-state index in [2.05, 4.69) is 47.2 Å². The lowest BCUT2D eigenvalue weighted by molar-refractivity contribution is -0.130. The van der Waals surface area contributed by atoms with Gasteiger partial charge in [-0.3, -0.25) is 4.79 Å². The molecule has 2 aliphatic rings. The molecule has 2 fully saturated rings. The number of carbonyl (C=O) groups is 1. The van der Waals surface area contributed by atoms with E-state index in [1.165, 1.54) is 24.8 Å². The lowest BCUT2D eigenvalue weighted by Gasteiger charge is -2.36. The Labute approximate surface area is 127 Å². The third-order valence-corrected chi connectivity index (χ3v) is 5.25. The number of hydrogen-bond acceptors (Lipinski definition) is 2. The van der Waals surface area contributed by atoms with Crippen molar-refractivity contribution in [3.63, 3.8) is 0 Å². The summed E-state index contributed by atoms with van der Waals surface area (Å²) in [6.07, 6.45) is 4.97. The summed E-state index contributed by atoms with van der Waals surface area (Å²) in [5.74, 6) is 0.681. The van der Waals surface area contributed by atoms with Gasteiger partial charge in [-0.05, 0) is 32.0 Å². The molecule has 0 radical (unpaired) electrons. The van der Waals surface area contributed by atoms with Crippen LogP contribution in [0.4, 0.5) is 0 Å². The van der Waals surface area contributed by atoms with Crippen molar-refractivity contribution in [2.75, 3.05) is 20.1 Å². The van der Waals surface area contributed by atoms with E-state index in [-0.39, 0.29) is 5.91 Å². The van der Waals surface area contributed by atoms with E-state index in [1.807, 2.05) is 0 Å². The van der Waals surface area contributed by atoms with Gasteiger partial charge in [-0.2, -0.15) is 0 Å². The minimum Gasteiger partial charge on any atom is -0.338 e. The van der Waals surface area contributed by atoms with Crippen molar-refractivity contribution in [2.45, 2.75) is 50.6 Å². The van der Waals surface area contributed by atoms with Crippen molar-refractivity contribution in [1.82, 2.24) is 9.80 Å². The molecule has 0 saturated carbocycles. The molecule has 1 amide bonds. The number of nitrogens with zero attached hydrogens (tertiary/aromatic N) is 2. The van der Waals surface area contributed by atoms with Crippen LogP contribution in [0.15, 0.2) is 30.3 Å². The predicted molar refractivity (Wildman–Crippen MR) is 85.2 cm³/mol. The highest BCUT2D eigenvalue weighted by Crippen LogP contribution is 2.38. The van der Waals surface area contributed by atoms with E-state index in [1.54, 1.807) is 6.92 Å². The van der Waals surface area contributed by atoms with Gasteiger partial charge in [0.1, 0.15) is 0 Å². The fraction of sp³-hybridized carbons (Fsp3) is 0.611. The lowest BCUT2D eigenvalue weighted by Crippen LogP contribution is -2.47. The molecule has 3 rings (SSSR count). The third kappa shape index (κ3) is 2.84. The van der Waals surface area contributed by atoms with Crippen LogP contribution in [0.2, 0.25) is 0 Å². The monoisotopic (exact) mass is 286 g/mol. The molecular formula is C18H26N2O. The highest BCUT2D eigenvalue weighted by Gasteiger charge is 2.45. The van der Waals surface area contributed by atoms with Gasteiger partial charge in [-0.15, -0.1) is 0 Å². The second-order valence-corrected chi connectivity index (χ2v) is 6.58. The number of benzene rings is 1. The Kier molecular flexibility index (Phi) is 4.29. The summed E-state index contributed by atoms with van der Waals surface area (Å²) in [5, 5.41) is 0. The average molecular weight is 286 g/mol. The maximum atomic E-state index is 12.1. The SMILES string of the molecule is CC(=O)N1C[C@@H](c2ccccc2)[C@H]2[C@H]1CCCCCN2C. The zero-order chi connectivity index (χ0) is 14.8. The molecule has 2 saturated heterocycles. The highest BCUT2D eigenvalue weighted by molar-refractivity contribution is 5.74. The molecule has 0 aromatic heterocycles. The molecule has 3 heteroatoms. The minimum absolute atomic E-state index is 0.234. The number of amides is 1. The molecule has 0 bridgehead atoms. The maximum Gasteiger partial charge on any atom is 0.219 e. The van der Waals surface area contributed by atoms with Gasteiger partial charge in [0.15, 0.2) is 0 Å². The Morgan fingerprint density at radius 3 is 2.62 bits per heavy atom. The fourth-order valence-corrected chi connectivity index (χ4v) is 4.24. The first-order chi connectivity index (χ1) is 10.2. The molecule has 21 heavy (non-hydrogen) atoms. The van der Waals surface area contributed by atoms with Crippen LogP contribution in [0.3, 0.4) is 0 Å². The van der Waals surface area contributed by atoms with E-state index >= 15 is 0 Å². The van der Waals surface area contributed by atoms with Crippen molar-refractivity contribution in [3.05, 3.63) is 35.9 Å². The number of carbonyl (C=O) groups excluding carboxylic acids is 1. The number of fused-ring (bicyclic) bond motifs is 1. The Morgan fingerprint density at radius 2 is 1.90 bits per heavy atom. The summed E-state index contributed by atoms with van der Waals surface area (Å²) in [5.41, 5.74) is 1.38. The van der Waals surface area contributed by atoms with Crippen LogP contribution in [-0.2, 0) is 4.79 Å². The topological polar surface area (TPSA) is 23.6 Å². The summed E-state index contributed by atoms with van der Waals surface area (Å²) in [6.45, 7) is 3.75. The zero-order valence-corrected chi connectivity index (χ0v) is 13.2. The third-order valence-electron chi connectivity index (χ3n) is 5.25. The van der Waals surface area contributed by atoms with Crippen LogP contribution in [-0.4, -0.2) is 47.9 Å². The first kappa shape index (κ1) is 14.6. The van der Waals surface area contributed by atoms with Crippen LogP contribution in [0.1, 0.15) is 44.1 Å². The van der Waals surface area contributed by atoms with Crippen LogP contribution in [0.5, 0.6) is 0 Å². The first-order valence-electron chi connectivity index (χ1n) is 8.21. The van der Waals surface area contributed by atoms with Crippen molar-refractivity contribution < 1.29 is 4.79 Å². The van der Waals surface area contributed by atoms with E-state index in [9.17, 15) is 4.79 Å². The molecule has 1 aromatic carbocycles. The molecule has 3 atom stereocenters. The zero-order valence-electron chi connectivity index (χ0n) is 13.2. The van der Waals surface area contributed by atoms with Gasteiger partial charge in [-0.25, -0.2) is 0 Å². The molecule has 0 N–H and O–H groups in total. The first-order valence-corrected chi connectivity index (χ1v) is 8.21. The van der Waals surface area contributed by atoms with Gasteiger partial charge in [0, 0.05) is 31.5 Å². The maximum absolute atomic E-state index is 12.1. The van der Waals surface area contributed by atoms with Gasteiger partial charge < -0.3 is 9.80 Å². The smallest absolute Gasteiger partial charge is 0.219 e. The van der Waals surface area contributed by atoms with Crippen LogP contribution < -0.4 is 0 Å². The van der Waals surface area contributed by atoms with Crippen molar-refractivity contribution >= 4 is 5.91 Å². The second-order valence-electron chi connectivity index (χ2n) is 6.58. The lowest BCUT2D eigenvalue weighted by atomic mass is 9.87. The van der Waals surface area contributed by atoms with Crippen LogP contribution >= 0.6 is 0 Å². The Bertz CT molecular complexity index is 487. The summed E-state index contributed by atoms with van der Waals surface area (Å²) in [7, 11) is 2.24. The summed E-state index contributed by atoms with van der Waals surface area (Å²) >= 11 is 0. The van der Waals surface area contributed by atoms with Gasteiger partial charge >= 0.3 is 0 Å². The number of hydrogen-bond donors (Lipinski definition) is 0. The van der Waals surface area contributed by atoms with Gasteiger partial charge in [0.2, 0.25) is 5.91 Å². The molecule has 114 valence electrons. The van der Waals surface area contributed by atoms with E-state index in [4.69, 9.17) is 0 Å². The van der Waals surface area contributed by atoms with E-state index < -0.39 is 0 Å². The molecular weight excluding hydrogens is 260 g/mol. The largest absolute Gasteiger partial charge is 0.338 e. The van der Waals surface area contributed by atoms with Crippen LogP contribution in [0, 0.1) is 0 Å². The van der Waals surface area contributed by atoms with Crippen molar-refractivity contribution in [2.24, 2.45) is 0 Å². The summed E-state index contributed by atoms with van der Waals surface area (Å²) in [6, 6.07) is 11.6. The Hall–Kier alpha value is -1.35. The van der Waals surface area contributed by atoms with E-state index in [0.29, 0.717) is 18.0 Å². The molecule has 2 heterocycles. The van der Waals surface area contributed by atoms with Gasteiger partial charge in [0.05, 0.1) is 0 Å². The molecule has 2 aliphatic heterocycles. The molecule has 1 aromatic rings. The summed E-state index contributed by atoms with van der Waals surface area (Å²) in [4.78, 5) is 16.7. The van der Waals surface area contributed by atoms with Crippen molar-refractivity contribution in [3.8, 4) is 0 Å². The van der Waals surface area contributed by atoms with Crippen LogP contribution in [0.25, 0.3) is 0 Å². The highest BCUT2D eigenvalue weighted by atomic mass is 16.2. The normalized spacial score (nSPS) is 30.6. The molecule has 0 spiro atoms. The van der Waals surface area contributed by atoms with E-state index in [0.717, 1.165) is 19.5 Å². The van der Waals surface area contributed by atoms with Gasteiger partial charge in [-0.1, -0.05) is 43.2 Å². The predicted octanol–water partition coefficient (Wildman–Crippen LogP) is 2.88. The molecule has 0 aliphatic carbocycles. The number of likely N-dealkylation sites (N-methyl/N-ethyl adjacent to an activating group) is 1. The van der Waals surface area contributed by atoms with Gasteiger partial charge in [0.25, 0.3) is 0 Å². The second kappa shape index (κ2) is 6.18. The molecule has 3 nitrogen and oxygen atoms in total. The standard InChI is InChI=1S/C18H26N2O/c1-14(21)20-13-16(15-9-5-3-6-10-15)18-17(20)11-7-4-8-12-19(18)2/h3,5-6,9-10,16-18H,4,7-8,11-13H2,1-2H3/t16-,17+,18-/m0/s1. The Morgan fingerprint density at radius 1 is 1.14 bits per heavy atom.